The molecule has 9 nitrogen and oxygen atoms in total. The average Bonchev–Trinajstić information content (AvgIpc) is 3.39. The van der Waals surface area contributed by atoms with Gasteiger partial charge in [0.2, 0.25) is 5.82 Å². The van der Waals surface area contributed by atoms with E-state index < -0.39 is 5.97 Å². The second-order valence-corrected chi connectivity index (χ2v) is 5.40. The van der Waals surface area contributed by atoms with Crippen molar-refractivity contribution >= 4 is 5.97 Å². The molecule has 2 heterocycles. The Balaban J connectivity index is 1.38. The average molecular weight is 366 g/mol. The first-order chi connectivity index (χ1) is 13.2. The van der Waals surface area contributed by atoms with Gasteiger partial charge < -0.3 is 9.26 Å². The fourth-order valence-electron chi connectivity index (χ4n) is 2.27. The number of aromatic nitrogens is 6. The highest BCUT2D eigenvalue weighted by Crippen LogP contribution is 2.17. The number of tetrazole rings is 1. The molecule has 0 aliphatic carbocycles. The third-order valence-corrected chi connectivity index (χ3v) is 3.61. The minimum atomic E-state index is -0.542. The molecule has 2 aromatic carbocycles. The predicted molar refractivity (Wildman–Crippen MR) is 88.0 cm³/mol. The van der Waals surface area contributed by atoms with Crippen LogP contribution in [-0.4, -0.2) is 36.3 Å². The van der Waals surface area contributed by atoms with Gasteiger partial charge in [0.15, 0.2) is 6.61 Å². The SMILES string of the molecule is O=C(OCc1nc(-c2ccc(F)cc2)no1)c1ccc(-n2cnnn2)cc1. The lowest BCUT2D eigenvalue weighted by Gasteiger charge is -2.03. The molecule has 2 aromatic heterocycles. The Morgan fingerprint density at radius 2 is 1.89 bits per heavy atom. The van der Waals surface area contributed by atoms with Gasteiger partial charge in [0.25, 0.3) is 5.89 Å². The first-order valence-electron chi connectivity index (χ1n) is 7.78. The van der Waals surface area contributed by atoms with Gasteiger partial charge in [-0.2, -0.15) is 4.98 Å². The zero-order chi connectivity index (χ0) is 18.6. The lowest BCUT2D eigenvalue weighted by Crippen LogP contribution is -2.06. The van der Waals surface area contributed by atoms with Gasteiger partial charge in [-0.1, -0.05) is 5.16 Å². The largest absolute Gasteiger partial charge is 0.452 e. The first-order valence-corrected chi connectivity index (χ1v) is 7.78. The molecule has 0 radical (unpaired) electrons. The van der Waals surface area contributed by atoms with Crippen molar-refractivity contribution < 1.29 is 18.4 Å². The Morgan fingerprint density at radius 3 is 2.59 bits per heavy atom. The van der Waals surface area contributed by atoms with E-state index in [-0.39, 0.29) is 24.1 Å². The summed E-state index contributed by atoms with van der Waals surface area (Å²) in [6.45, 7) is -0.179. The fourth-order valence-corrected chi connectivity index (χ4v) is 2.27. The summed E-state index contributed by atoms with van der Waals surface area (Å²) in [6, 6.07) is 12.2. The number of halogens is 1. The Kier molecular flexibility index (Phi) is 4.35. The van der Waals surface area contributed by atoms with Crippen molar-refractivity contribution in [3.8, 4) is 17.1 Å². The summed E-state index contributed by atoms with van der Waals surface area (Å²) < 4.78 is 24.6. The standard InChI is InChI=1S/C17H11FN6O3/c18-13-5-1-11(2-6-13)16-20-15(27-21-16)9-26-17(25)12-3-7-14(8-4-12)24-10-19-22-23-24/h1-8,10H,9H2. The quantitative estimate of drug-likeness (QED) is 0.495. The van der Waals surface area contributed by atoms with Crippen molar-refractivity contribution in [1.29, 1.82) is 0 Å². The van der Waals surface area contributed by atoms with Crippen LogP contribution in [0.15, 0.2) is 59.4 Å². The third-order valence-electron chi connectivity index (χ3n) is 3.61. The van der Waals surface area contributed by atoms with Gasteiger partial charge in [-0.25, -0.2) is 13.9 Å². The molecule has 0 aliphatic heterocycles. The maximum Gasteiger partial charge on any atom is 0.338 e. The number of esters is 1. The van der Waals surface area contributed by atoms with E-state index in [2.05, 4.69) is 25.7 Å². The van der Waals surface area contributed by atoms with E-state index in [9.17, 15) is 9.18 Å². The molecular formula is C17H11FN6O3. The molecule has 4 rings (SSSR count). The molecule has 4 aromatic rings. The zero-order valence-corrected chi connectivity index (χ0v) is 13.7. The summed E-state index contributed by atoms with van der Waals surface area (Å²) in [5.41, 5.74) is 1.65. The maximum absolute atomic E-state index is 13.0. The Labute approximate surface area is 151 Å². The van der Waals surface area contributed by atoms with Crippen molar-refractivity contribution in [3.05, 3.63) is 72.1 Å². The minimum absolute atomic E-state index is 0.132. The van der Waals surface area contributed by atoms with Gasteiger partial charge in [-0.15, -0.1) is 5.10 Å². The second kappa shape index (κ2) is 7.12. The third kappa shape index (κ3) is 3.68. The highest BCUT2D eigenvalue weighted by atomic mass is 19.1. The molecule has 134 valence electrons. The normalized spacial score (nSPS) is 10.7. The van der Waals surface area contributed by atoms with Gasteiger partial charge in [0.05, 0.1) is 11.3 Å². The number of hydrogen-bond acceptors (Lipinski definition) is 8. The van der Waals surface area contributed by atoms with Crippen LogP contribution in [0.4, 0.5) is 4.39 Å². The van der Waals surface area contributed by atoms with Crippen LogP contribution < -0.4 is 0 Å². The molecule has 10 heteroatoms. The molecular weight excluding hydrogens is 355 g/mol. The zero-order valence-electron chi connectivity index (χ0n) is 13.7. The van der Waals surface area contributed by atoms with Gasteiger partial charge >= 0.3 is 5.97 Å². The van der Waals surface area contributed by atoms with E-state index in [1.165, 1.54) is 35.3 Å². The lowest BCUT2D eigenvalue weighted by atomic mass is 10.2. The minimum Gasteiger partial charge on any atom is -0.452 e. The summed E-state index contributed by atoms with van der Waals surface area (Å²) in [4.78, 5) is 16.2. The number of ether oxygens (including phenoxy) is 1. The van der Waals surface area contributed by atoms with E-state index in [4.69, 9.17) is 9.26 Å². The van der Waals surface area contributed by atoms with Crippen molar-refractivity contribution in [2.24, 2.45) is 0 Å². The van der Waals surface area contributed by atoms with E-state index in [1.54, 1.807) is 24.3 Å². The number of hydrogen-bond donors (Lipinski definition) is 0. The number of nitrogens with zero attached hydrogens (tertiary/aromatic N) is 6. The molecule has 0 N–H and O–H groups in total. The van der Waals surface area contributed by atoms with Gasteiger partial charge in [-0.05, 0) is 59.0 Å². The van der Waals surface area contributed by atoms with Gasteiger partial charge in [0, 0.05) is 5.56 Å². The number of rotatable bonds is 5. The molecule has 27 heavy (non-hydrogen) atoms. The second-order valence-electron chi connectivity index (χ2n) is 5.40. The first kappa shape index (κ1) is 16.5. The van der Waals surface area contributed by atoms with E-state index in [0.29, 0.717) is 16.8 Å². The van der Waals surface area contributed by atoms with Crippen LogP contribution >= 0.6 is 0 Å². The lowest BCUT2D eigenvalue weighted by molar-refractivity contribution is 0.0430. The molecule has 0 amide bonds. The van der Waals surface area contributed by atoms with E-state index >= 15 is 0 Å². The van der Waals surface area contributed by atoms with E-state index in [0.717, 1.165) is 0 Å². The summed E-state index contributed by atoms with van der Waals surface area (Å²) in [5, 5.41) is 14.6. The Bertz CT molecular complexity index is 1050. The van der Waals surface area contributed by atoms with Crippen molar-refractivity contribution in [3.63, 3.8) is 0 Å². The van der Waals surface area contributed by atoms with Crippen molar-refractivity contribution in [1.82, 2.24) is 30.3 Å². The Hall–Kier alpha value is -3.95. The van der Waals surface area contributed by atoms with Crippen molar-refractivity contribution in [2.45, 2.75) is 6.61 Å². The molecule has 0 aliphatic rings. The summed E-state index contributed by atoms with van der Waals surface area (Å²) in [6.07, 6.45) is 1.45. The predicted octanol–water partition coefficient (Wildman–Crippen LogP) is 2.21. The molecule has 0 spiro atoms. The summed E-state index contributed by atoms with van der Waals surface area (Å²) in [5.74, 6) is -0.484. The molecule has 0 atom stereocenters. The fraction of sp³-hybridized carbons (Fsp3) is 0.0588. The highest BCUT2D eigenvalue weighted by molar-refractivity contribution is 5.89. The van der Waals surface area contributed by atoms with E-state index in [1.807, 2.05) is 0 Å². The van der Waals surface area contributed by atoms with Crippen LogP contribution in [0.1, 0.15) is 16.2 Å². The molecule has 0 unspecified atom stereocenters. The van der Waals surface area contributed by atoms with Crippen LogP contribution in [0, 0.1) is 5.82 Å². The molecule has 0 saturated heterocycles. The van der Waals surface area contributed by atoms with Crippen LogP contribution in [0.3, 0.4) is 0 Å². The number of benzene rings is 2. The molecule has 0 bridgehead atoms. The van der Waals surface area contributed by atoms with Crippen molar-refractivity contribution in [2.75, 3.05) is 0 Å². The van der Waals surface area contributed by atoms with Crippen LogP contribution in [0.25, 0.3) is 17.1 Å². The number of carbonyl (C=O) groups excluding carboxylic acids is 1. The number of carbonyl (C=O) groups is 1. The van der Waals surface area contributed by atoms with Crippen LogP contribution in [0.5, 0.6) is 0 Å². The van der Waals surface area contributed by atoms with Crippen LogP contribution in [0.2, 0.25) is 0 Å². The smallest absolute Gasteiger partial charge is 0.338 e. The van der Waals surface area contributed by atoms with Gasteiger partial charge in [-0.3, -0.25) is 0 Å². The monoisotopic (exact) mass is 366 g/mol. The summed E-state index contributed by atoms with van der Waals surface area (Å²) >= 11 is 0. The maximum atomic E-state index is 13.0. The summed E-state index contributed by atoms with van der Waals surface area (Å²) in [7, 11) is 0. The topological polar surface area (TPSA) is 109 Å². The molecule has 0 fully saturated rings. The molecule has 0 saturated carbocycles. The van der Waals surface area contributed by atoms with Crippen LogP contribution in [-0.2, 0) is 11.3 Å². The Morgan fingerprint density at radius 1 is 1.11 bits per heavy atom. The van der Waals surface area contributed by atoms with Gasteiger partial charge in [0.1, 0.15) is 12.1 Å². The highest BCUT2D eigenvalue weighted by Gasteiger charge is 2.13.